The lowest BCUT2D eigenvalue weighted by Gasteiger charge is -1.86. The maximum atomic E-state index is 4.10. The van der Waals surface area contributed by atoms with Gasteiger partial charge in [-0.1, -0.05) is 6.92 Å². The van der Waals surface area contributed by atoms with Crippen LogP contribution in [0.1, 0.15) is 19.2 Å². The predicted octanol–water partition coefficient (Wildman–Crippen LogP) is 2.12. The van der Waals surface area contributed by atoms with Gasteiger partial charge in [0.1, 0.15) is 10.4 Å². The Morgan fingerprint density at radius 3 is 3.00 bits per heavy atom. The molecule has 0 aromatic carbocycles. The Morgan fingerprint density at radius 2 is 2.56 bits per heavy atom. The summed E-state index contributed by atoms with van der Waals surface area (Å²) in [5.41, 5.74) is 0. The van der Waals surface area contributed by atoms with Gasteiger partial charge in [-0.25, -0.2) is 4.98 Å². The lowest BCUT2D eigenvalue weighted by Crippen LogP contribution is -1.83. The van der Waals surface area contributed by atoms with Crippen molar-refractivity contribution in [1.29, 1.82) is 0 Å². The number of halogens is 1. The molecule has 9 heavy (non-hydrogen) atoms. The Hall–Kier alpha value is -0.310. The number of rotatable bonds is 2. The average Bonchev–Trinajstić information content (AvgIpc) is 2.17. The van der Waals surface area contributed by atoms with Gasteiger partial charge < -0.3 is 4.98 Å². The van der Waals surface area contributed by atoms with Crippen LogP contribution in [0.4, 0.5) is 0 Å². The first kappa shape index (κ1) is 6.81. The van der Waals surface area contributed by atoms with E-state index < -0.39 is 0 Å². The molecule has 0 radical (unpaired) electrons. The van der Waals surface area contributed by atoms with Crippen LogP contribution < -0.4 is 0 Å². The number of aromatic amines is 1. The second-order valence-corrected chi connectivity index (χ2v) is 2.78. The van der Waals surface area contributed by atoms with E-state index in [-0.39, 0.29) is 0 Å². The first-order chi connectivity index (χ1) is 4.33. The van der Waals surface area contributed by atoms with Crippen molar-refractivity contribution < 1.29 is 0 Å². The molecule has 0 unspecified atom stereocenters. The van der Waals surface area contributed by atoms with E-state index in [2.05, 4.69) is 32.8 Å². The van der Waals surface area contributed by atoms with Crippen molar-refractivity contribution in [1.82, 2.24) is 9.97 Å². The first-order valence-electron chi connectivity index (χ1n) is 3.02. The molecule has 0 amide bonds. The van der Waals surface area contributed by atoms with Crippen molar-refractivity contribution in [2.75, 3.05) is 0 Å². The molecule has 0 spiro atoms. The first-order valence-corrected chi connectivity index (χ1v) is 3.81. The van der Waals surface area contributed by atoms with Crippen LogP contribution in [0.5, 0.6) is 0 Å². The molecular weight excluding hydrogens is 180 g/mol. The Morgan fingerprint density at radius 1 is 1.78 bits per heavy atom. The fraction of sp³-hybridized carbons (Fsp3) is 0.500. The normalized spacial score (nSPS) is 10.0. The molecule has 0 aliphatic carbocycles. The number of aryl methyl sites for hydroxylation is 1. The third-order valence-corrected chi connectivity index (χ3v) is 1.49. The van der Waals surface area contributed by atoms with E-state index in [1.54, 1.807) is 6.20 Å². The van der Waals surface area contributed by atoms with Gasteiger partial charge >= 0.3 is 0 Å². The molecule has 1 rings (SSSR count). The Balaban J connectivity index is 2.61. The summed E-state index contributed by atoms with van der Waals surface area (Å²) < 4.78 is 0.964. The number of H-pyrrole nitrogens is 1. The van der Waals surface area contributed by atoms with Crippen LogP contribution in [0.3, 0.4) is 0 Å². The molecule has 50 valence electrons. The summed E-state index contributed by atoms with van der Waals surface area (Å²) in [7, 11) is 0. The third kappa shape index (κ3) is 1.82. The molecular formula is C6H9BrN2. The van der Waals surface area contributed by atoms with E-state index in [0.717, 1.165) is 23.3 Å². The minimum absolute atomic E-state index is 0.964. The highest BCUT2D eigenvalue weighted by Crippen LogP contribution is 2.05. The molecule has 0 atom stereocenters. The van der Waals surface area contributed by atoms with E-state index in [1.165, 1.54) is 0 Å². The van der Waals surface area contributed by atoms with Crippen LogP contribution in [0.25, 0.3) is 0 Å². The van der Waals surface area contributed by atoms with Crippen molar-refractivity contribution in [2.45, 2.75) is 19.8 Å². The molecule has 0 saturated heterocycles. The van der Waals surface area contributed by atoms with E-state index in [0.29, 0.717) is 0 Å². The zero-order chi connectivity index (χ0) is 6.69. The summed E-state index contributed by atoms with van der Waals surface area (Å²) >= 11 is 3.28. The summed E-state index contributed by atoms with van der Waals surface area (Å²) in [6.45, 7) is 2.14. The van der Waals surface area contributed by atoms with Gasteiger partial charge in [-0.05, 0) is 22.4 Å². The molecule has 1 N–H and O–H groups in total. The van der Waals surface area contributed by atoms with Gasteiger partial charge in [-0.2, -0.15) is 0 Å². The zero-order valence-electron chi connectivity index (χ0n) is 5.32. The quantitative estimate of drug-likeness (QED) is 0.758. The minimum Gasteiger partial charge on any atom is -0.337 e. The van der Waals surface area contributed by atoms with E-state index in [1.807, 2.05) is 0 Å². The summed E-state index contributed by atoms with van der Waals surface area (Å²) in [5, 5.41) is 0. The molecule has 1 heterocycles. The van der Waals surface area contributed by atoms with Crippen molar-refractivity contribution >= 4 is 15.9 Å². The maximum absolute atomic E-state index is 4.10. The number of nitrogens with one attached hydrogen (secondary N) is 1. The van der Waals surface area contributed by atoms with E-state index >= 15 is 0 Å². The third-order valence-electron chi connectivity index (χ3n) is 1.08. The smallest absolute Gasteiger partial charge is 0.106 e. The van der Waals surface area contributed by atoms with Crippen LogP contribution in [-0.2, 0) is 6.42 Å². The SMILES string of the molecule is CCCc1ncc(Br)[nH]1. The molecule has 1 aromatic heterocycles. The van der Waals surface area contributed by atoms with Crippen LogP contribution in [0.15, 0.2) is 10.8 Å². The Kier molecular flexibility index (Phi) is 2.28. The fourth-order valence-corrected chi connectivity index (χ4v) is 1.03. The summed E-state index contributed by atoms with van der Waals surface area (Å²) in [6.07, 6.45) is 3.95. The van der Waals surface area contributed by atoms with E-state index in [9.17, 15) is 0 Å². The number of hydrogen-bond acceptors (Lipinski definition) is 1. The Labute approximate surface area is 62.8 Å². The standard InChI is InChI=1S/C6H9BrN2/c1-2-3-6-8-4-5(7)9-6/h4H,2-3H2,1H3,(H,8,9). The van der Waals surface area contributed by atoms with Gasteiger partial charge in [0, 0.05) is 6.42 Å². The van der Waals surface area contributed by atoms with Crippen molar-refractivity contribution in [3.05, 3.63) is 16.6 Å². The molecule has 0 saturated carbocycles. The molecule has 0 aliphatic rings. The van der Waals surface area contributed by atoms with Crippen LogP contribution >= 0.6 is 15.9 Å². The van der Waals surface area contributed by atoms with Crippen molar-refractivity contribution in [3.63, 3.8) is 0 Å². The number of hydrogen-bond donors (Lipinski definition) is 1. The zero-order valence-corrected chi connectivity index (χ0v) is 6.90. The van der Waals surface area contributed by atoms with Gasteiger partial charge in [-0.15, -0.1) is 0 Å². The highest BCUT2D eigenvalue weighted by molar-refractivity contribution is 9.10. The van der Waals surface area contributed by atoms with Crippen LogP contribution in [0.2, 0.25) is 0 Å². The maximum Gasteiger partial charge on any atom is 0.106 e. The molecule has 0 aliphatic heterocycles. The number of imidazole rings is 1. The molecule has 1 aromatic rings. The molecule has 3 heteroatoms. The average molecular weight is 189 g/mol. The second kappa shape index (κ2) is 3.01. The lowest BCUT2D eigenvalue weighted by atomic mass is 10.3. The van der Waals surface area contributed by atoms with Crippen molar-refractivity contribution in [3.8, 4) is 0 Å². The monoisotopic (exact) mass is 188 g/mol. The van der Waals surface area contributed by atoms with Crippen molar-refractivity contribution in [2.24, 2.45) is 0 Å². The van der Waals surface area contributed by atoms with Crippen LogP contribution in [0, 0.1) is 0 Å². The van der Waals surface area contributed by atoms with Gasteiger partial charge in [0.05, 0.1) is 6.20 Å². The lowest BCUT2D eigenvalue weighted by molar-refractivity contribution is 0.855. The predicted molar refractivity (Wildman–Crippen MR) is 40.3 cm³/mol. The van der Waals surface area contributed by atoms with Gasteiger partial charge in [0.25, 0.3) is 0 Å². The number of nitrogens with zero attached hydrogens (tertiary/aromatic N) is 1. The van der Waals surface area contributed by atoms with Crippen LogP contribution in [-0.4, -0.2) is 9.97 Å². The summed E-state index contributed by atoms with van der Waals surface area (Å²) in [4.78, 5) is 7.19. The van der Waals surface area contributed by atoms with E-state index in [4.69, 9.17) is 0 Å². The second-order valence-electron chi connectivity index (χ2n) is 1.93. The topological polar surface area (TPSA) is 28.7 Å². The minimum atomic E-state index is 0.964. The van der Waals surface area contributed by atoms with Gasteiger partial charge in [0.2, 0.25) is 0 Å². The van der Waals surface area contributed by atoms with Gasteiger partial charge in [-0.3, -0.25) is 0 Å². The number of aromatic nitrogens is 2. The summed E-state index contributed by atoms with van der Waals surface area (Å²) in [5.74, 6) is 1.06. The molecule has 0 bridgehead atoms. The summed E-state index contributed by atoms with van der Waals surface area (Å²) in [6, 6.07) is 0. The molecule has 0 fully saturated rings. The fourth-order valence-electron chi connectivity index (χ4n) is 0.701. The molecule has 2 nitrogen and oxygen atoms in total. The highest BCUT2D eigenvalue weighted by atomic mass is 79.9. The Bertz CT molecular complexity index is 183. The highest BCUT2D eigenvalue weighted by Gasteiger charge is 1.93. The van der Waals surface area contributed by atoms with Gasteiger partial charge in [0.15, 0.2) is 0 Å². The largest absolute Gasteiger partial charge is 0.337 e.